The van der Waals surface area contributed by atoms with Crippen molar-refractivity contribution in [2.24, 2.45) is 10.8 Å². The Morgan fingerprint density at radius 1 is 1.29 bits per heavy atom. The van der Waals surface area contributed by atoms with Crippen molar-refractivity contribution in [3.8, 4) is 0 Å². The number of nitrogens with one attached hydrogen (secondary N) is 2. The topological polar surface area (TPSA) is 71.7 Å². The first-order valence-electron chi connectivity index (χ1n) is 6.57. The first-order chi connectivity index (χ1) is 8.20. The van der Waals surface area contributed by atoms with Crippen LogP contribution in [-0.4, -0.2) is 31.8 Å². The predicted octanol–water partition coefficient (Wildman–Crippen LogP) is 1.40. The summed E-state index contributed by atoms with van der Waals surface area (Å²) in [5.41, 5.74) is 2.58. The van der Waals surface area contributed by atoms with Gasteiger partial charge < -0.3 is 10.1 Å². The molecule has 0 bridgehead atoms. The zero-order valence-electron chi connectivity index (χ0n) is 11.5. The van der Waals surface area contributed by atoms with Gasteiger partial charge in [0, 0.05) is 19.7 Å². The highest BCUT2D eigenvalue weighted by molar-refractivity contribution is 5.79. The van der Waals surface area contributed by atoms with Gasteiger partial charge in [-0.15, -0.1) is 0 Å². The Morgan fingerprint density at radius 2 is 2.06 bits per heavy atom. The molecule has 0 atom stereocenters. The number of ether oxygens (including phenoxy) is 1. The van der Waals surface area contributed by atoms with Gasteiger partial charge >= 0.3 is 0 Å². The van der Waals surface area contributed by atoms with E-state index < -0.39 is 0 Å². The molecule has 0 saturated carbocycles. The van der Waals surface area contributed by atoms with Crippen molar-refractivity contribution in [2.75, 3.05) is 19.7 Å². The molecule has 5 nitrogen and oxygen atoms in total. The Labute approximate surface area is 105 Å². The number of rotatable bonds is 9. The van der Waals surface area contributed by atoms with Crippen LogP contribution in [-0.2, 0) is 4.74 Å². The summed E-state index contributed by atoms with van der Waals surface area (Å²) >= 11 is 0. The third-order valence-electron chi connectivity index (χ3n) is 2.23. The number of hydrogen-bond acceptors (Lipinski definition) is 3. The lowest BCUT2D eigenvalue weighted by Crippen LogP contribution is -2.42. The summed E-state index contributed by atoms with van der Waals surface area (Å²) in [6, 6.07) is 0. The maximum atomic E-state index is 5.45. The standard InChI is InChI=1S/C12H28N4O/c1-4-5-8-14-12(16-13)15-9-6-7-10-17-11(2)3/h11H,4-10,13H2,1-3H3,(H2,14,15,16). The molecule has 0 aromatic heterocycles. The van der Waals surface area contributed by atoms with E-state index in [0.717, 1.165) is 45.4 Å². The van der Waals surface area contributed by atoms with E-state index in [1.165, 1.54) is 0 Å². The molecule has 0 rings (SSSR count). The lowest BCUT2D eigenvalue weighted by atomic mass is 10.3. The second-order valence-electron chi connectivity index (χ2n) is 4.28. The minimum absolute atomic E-state index is 0.315. The van der Waals surface area contributed by atoms with Crippen molar-refractivity contribution in [3.63, 3.8) is 0 Å². The molecule has 0 aliphatic carbocycles. The van der Waals surface area contributed by atoms with Crippen LogP contribution in [0.3, 0.4) is 0 Å². The number of hydrazine groups is 1. The predicted molar refractivity (Wildman–Crippen MR) is 72.9 cm³/mol. The normalized spacial score (nSPS) is 11.9. The van der Waals surface area contributed by atoms with E-state index in [0.29, 0.717) is 12.1 Å². The molecular weight excluding hydrogens is 216 g/mol. The first kappa shape index (κ1) is 16.2. The Kier molecular flexibility index (Phi) is 11.1. The highest BCUT2D eigenvalue weighted by atomic mass is 16.5. The summed E-state index contributed by atoms with van der Waals surface area (Å²) in [7, 11) is 0. The molecule has 0 aromatic carbocycles. The number of aliphatic imine (C=N–C) groups is 1. The van der Waals surface area contributed by atoms with E-state index in [2.05, 4.69) is 22.7 Å². The largest absolute Gasteiger partial charge is 0.379 e. The molecule has 102 valence electrons. The monoisotopic (exact) mass is 244 g/mol. The maximum absolute atomic E-state index is 5.45. The van der Waals surface area contributed by atoms with Gasteiger partial charge in [-0.25, -0.2) is 5.84 Å². The van der Waals surface area contributed by atoms with Gasteiger partial charge in [0.1, 0.15) is 0 Å². The molecule has 4 N–H and O–H groups in total. The van der Waals surface area contributed by atoms with Crippen LogP contribution < -0.4 is 16.6 Å². The summed E-state index contributed by atoms with van der Waals surface area (Å²) in [5, 5.41) is 3.16. The van der Waals surface area contributed by atoms with E-state index in [1.54, 1.807) is 0 Å². The Bertz CT molecular complexity index is 195. The fourth-order valence-electron chi connectivity index (χ4n) is 1.26. The third kappa shape index (κ3) is 11.5. The minimum atomic E-state index is 0.315. The van der Waals surface area contributed by atoms with Crippen molar-refractivity contribution >= 4 is 5.96 Å². The van der Waals surface area contributed by atoms with Crippen LogP contribution in [0, 0.1) is 0 Å². The zero-order chi connectivity index (χ0) is 12.9. The summed E-state index contributed by atoms with van der Waals surface area (Å²) in [6.07, 6.45) is 4.66. The van der Waals surface area contributed by atoms with Gasteiger partial charge in [0.05, 0.1) is 6.10 Å². The van der Waals surface area contributed by atoms with Crippen LogP contribution in [0.1, 0.15) is 46.5 Å². The Balaban J connectivity index is 3.50. The third-order valence-corrected chi connectivity index (χ3v) is 2.23. The SMILES string of the molecule is CCCCNC(=NCCCCOC(C)C)NN. The summed E-state index contributed by atoms with van der Waals surface area (Å²) in [4.78, 5) is 4.34. The van der Waals surface area contributed by atoms with E-state index in [-0.39, 0.29) is 0 Å². The van der Waals surface area contributed by atoms with E-state index in [4.69, 9.17) is 10.6 Å². The minimum Gasteiger partial charge on any atom is -0.379 e. The molecule has 0 unspecified atom stereocenters. The van der Waals surface area contributed by atoms with Gasteiger partial charge in [0.15, 0.2) is 0 Å². The Hall–Kier alpha value is -0.810. The molecule has 0 aliphatic heterocycles. The van der Waals surface area contributed by atoms with Crippen molar-refractivity contribution in [1.29, 1.82) is 0 Å². The molecule has 17 heavy (non-hydrogen) atoms. The lowest BCUT2D eigenvalue weighted by molar-refractivity contribution is 0.0763. The zero-order valence-corrected chi connectivity index (χ0v) is 11.5. The molecule has 0 saturated heterocycles. The van der Waals surface area contributed by atoms with Crippen molar-refractivity contribution in [1.82, 2.24) is 10.7 Å². The molecule has 0 aliphatic rings. The van der Waals surface area contributed by atoms with E-state index in [1.807, 2.05) is 13.8 Å². The molecule has 5 heteroatoms. The fourth-order valence-corrected chi connectivity index (χ4v) is 1.26. The maximum Gasteiger partial charge on any atom is 0.205 e. The van der Waals surface area contributed by atoms with Gasteiger partial charge in [-0.1, -0.05) is 13.3 Å². The van der Waals surface area contributed by atoms with Gasteiger partial charge in [-0.05, 0) is 33.1 Å². The average molecular weight is 244 g/mol. The smallest absolute Gasteiger partial charge is 0.205 e. The molecule has 0 radical (unpaired) electrons. The molecular formula is C12H28N4O. The van der Waals surface area contributed by atoms with Gasteiger partial charge in [-0.2, -0.15) is 0 Å². The van der Waals surface area contributed by atoms with Crippen LogP contribution in [0.4, 0.5) is 0 Å². The van der Waals surface area contributed by atoms with Crippen LogP contribution >= 0.6 is 0 Å². The number of nitrogens with two attached hydrogens (primary N) is 1. The first-order valence-corrected chi connectivity index (χ1v) is 6.57. The summed E-state index contributed by atoms with van der Waals surface area (Å²) < 4.78 is 5.45. The number of guanidine groups is 1. The van der Waals surface area contributed by atoms with Crippen molar-refractivity contribution in [2.45, 2.75) is 52.6 Å². The second-order valence-corrected chi connectivity index (χ2v) is 4.28. The van der Waals surface area contributed by atoms with Gasteiger partial charge in [0.25, 0.3) is 0 Å². The average Bonchev–Trinajstić information content (AvgIpc) is 2.31. The summed E-state index contributed by atoms with van der Waals surface area (Å²) in [6.45, 7) is 8.75. The van der Waals surface area contributed by atoms with Crippen molar-refractivity contribution < 1.29 is 4.74 Å². The lowest BCUT2D eigenvalue weighted by Gasteiger charge is -2.09. The van der Waals surface area contributed by atoms with E-state index >= 15 is 0 Å². The van der Waals surface area contributed by atoms with Gasteiger partial charge in [-0.3, -0.25) is 10.4 Å². The number of nitrogens with zero attached hydrogens (tertiary/aromatic N) is 1. The van der Waals surface area contributed by atoms with Crippen LogP contribution in [0.2, 0.25) is 0 Å². The molecule has 0 spiro atoms. The highest BCUT2D eigenvalue weighted by Crippen LogP contribution is 1.94. The van der Waals surface area contributed by atoms with E-state index in [9.17, 15) is 0 Å². The molecule has 0 aromatic rings. The highest BCUT2D eigenvalue weighted by Gasteiger charge is 1.95. The van der Waals surface area contributed by atoms with Crippen LogP contribution in [0.15, 0.2) is 4.99 Å². The van der Waals surface area contributed by atoms with Crippen molar-refractivity contribution in [3.05, 3.63) is 0 Å². The second kappa shape index (κ2) is 11.7. The number of hydrogen-bond donors (Lipinski definition) is 3. The quantitative estimate of drug-likeness (QED) is 0.188. The van der Waals surface area contributed by atoms with Gasteiger partial charge in [0.2, 0.25) is 5.96 Å². The summed E-state index contributed by atoms with van der Waals surface area (Å²) in [5.74, 6) is 6.05. The number of unbranched alkanes of at least 4 members (excludes halogenated alkanes) is 2. The van der Waals surface area contributed by atoms with Crippen LogP contribution in [0.25, 0.3) is 0 Å². The Morgan fingerprint density at radius 3 is 2.65 bits per heavy atom. The van der Waals surface area contributed by atoms with Crippen LogP contribution in [0.5, 0.6) is 0 Å². The molecule has 0 fully saturated rings. The fraction of sp³-hybridized carbons (Fsp3) is 0.917. The molecule has 0 amide bonds. The molecule has 0 heterocycles.